The van der Waals surface area contributed by atoms with E-state index in [1.54, 1.807) is 29.2 Å². The summed E-state index contributed by atoms with van der Waals surface area (Å²) in [6.07, 6.45) is 0. The first-order valence-electron chi connectivity index (χ1n) is 8.27. The summed E-state index contributed by atoms with van der Waals surface area (Å²) >= 11 is 4.79. The van der Waals surface area contributed by atoms with Gasteiger partial charge in [0.1, 0.15) is 5.75 Å². The third-order valence-corrected chi connectivity index (χ3v) is 5.56. The minimum absolute atomic E-state index is 0.00439. The van der Waals surface area contributed by atoms with Crippen LogP contribution in [0, 0.1) is 0 Å². The average Bonchev–Trinajstić information content (AvgIpc) is 3.21. The van der Waals surface area contributed by atoms with Gasteiger partial charge < -0.3 is 15.0 Å². The fourth-order valence-corrected chi connectivity index (χ4v) is 3.71. The number of benzene rings is 2. The maximum absolute atomic E-state index is 12.5. The van der Waals surface area contributed by atoms with Crippen molar-refractivity contribution >= 4 is 50.5 Å². The molecule has 27 heavy (non-hydrogen) atoms. The Bertz CT molecular complexity index is 987. The smallest absolute Gasteiger partial charge is 0.265 e. The van der Waals surface area contributed by atoms with E-state index in [1.807, 2.05) is 35.7 Å². The minimum atomic E-state index is -0.174. The summed E-state index contributed by atoms with van der Waals surface area (Å²) in [5.74, 6) is 0.334. The molecule has 5 nitrogen and oxygen atoms in total. The van der Waals surface area contributed by atoms with Crippen molar-refractivity contribution in [2.24, 2.45) is 0 Å². The van der Waals surface area contributed by atoms with Crippen LogP contribution in [0.5, 0.6) is 5.75 Å². The zero-order valence-corrected chi connectivity index (χ0v) is 16.5. The molecule has 3 aromatic rings. The molecule has 4 rings (SSSR count). The van der Waals surface area contributed by atoms with E-state index in [9.17, 15) is 9.59 Å². The van der Waals surface area contributed by atoms with Gasteiger partial charge in [-0.05, 0) is 47.3 Å². The maximum atomic E-state index is 12.5. The number of nitrogens with one attached hydrogen (secondary N) is 1. The van der Waals surface area contributed by atoms with Crippen LogP contribution in [0.3, 0.4) is 0 Å². The second-order valence-corrected chi connectivity index (χ2v) is 7.87. The van der Waals surface area contributed by atoms with Gasteiger partial charge in [0, 0.05) is 10.2 Å². The van der Waals surface area contributed by atoms with Gasteiger partial charge in [0.2, 0.25) is 0 Å². The van der Waals surface area contributed by atoms with E-state index < -0.39 is 0 Å². The zero-order valence-electron chi connectivity index (χ0n) is 14.1. The summed E-state index contributed by atoms with van der Waals surface area (Å²) < 4.78 is 6.53. The average molecular weight is 443 g/mol. The molecule has 1 aliphatic rings. The van der Waals surface area contributed by atoms with E-state index in [0.717, 1.165) is 10.0 Å². The molecule has 0 aliphatic carbocycles. The molecule has 0 saturated heterocycles. The van der Waals surface area contributed by atoms with Gasteiger partial charge in [0.05, 0.1) is 17.1 Å². The standard InChI is InChI=1S/C20H15BrN2O3S/c21-14-5-3-13(4-6-14)11-23-16-10-15(7-8-17(16)26-12-19(23)24)22-20(25)18-2-1-9-27-18/h1-10H,11-12H2,(H,22,25). The number of thiophene rings is 1. The zero-order chi connectivity index (χ0) is 18.8. The second kappa shape index (κ2) is 7.54. The molecule has 136 valence electrons. The van der Waals surface area contributed by atoms with E-state index >= 15 is 0 Å². The van der Waals surface area contributed by atoms with Crippen LogP contribution < -0.4 is 15.0 Å². The van der Waals surface area contributed by atoms with E-state index in [0.29, 0.717) is 28.5 Å². The molecule has 2 amide bonds. The molecule has 0 unspecified atom stereocenters. The number of fused-ring (bicyclic) bond motifs is 1. The van der Waals surface area contributed by atoms with Gasteiger partial charge in [0.15, 0.2) is 6.61 Å². The first kappa shape index (κ1) is 17.8. The number of rotatable bonds is 4. The normalized spacial score (nSPS) is 13.1. The summed E-state index contributed by atoms with van der Waals surface area (Å²) in [6, 6.07) is 16.8. The van der Waals surface area contributed by atoms with Gasteiger partial charge in [-0.25, -0.2) is 0 Å². The molecule has 0 saturated carbocycles. The SMILES string of the molecule is O=C(Nc1ccc2c(c1)N(Cc1ccc(Br)cc1)C(=O)CO2)c1cccs1. The van der Waals surface area contributed by atoms with Gasteiger partial charge in [-0.3, -0.25) is 9.59 Å². The molecule has 0 radical (unpaired) electrons. The summed E-state index contributed by atoms with van der Waals surface area (Å²) in [7, 11) is 0. The Labute approximate surface area is 168 Å². The van der Waals surface area contributed by atoms with Crippen LogP contribution in [0.25, 0.3) is 0 Å². The van der Waals surface area contributed by atoms with Crippen molar-refractivity contribution in [3.05, 3.63) is 74.9 Å². The molecule has 1 aromatic heterocycles. The molecule has 0 atom stereocenters. The van der Waals surface area contributed by atoms with Crippen LogP contribution >= 0.6 is 27.3 Å². The van der Waals surface area contributed by atoms with Crippen LogP contribution in [0.15, 0.2) is 64.5 Å². The van der Waals surface area contributed by atoms with Crippen molar-refractivity contribution in [1.29, 1.82) is 0 Å². The Balaban J connectivity index is 1.61. The lowest BCUT2D eigenvalue weighted by Gasteiger charge is -2.30. The van der Waals surface area contributed by atoms with Gasteiger partial charge in [-0.1, -0.05) is 34.1 Å². The van der Waals surface area contributed by atoms with E-state index in [1.165, 1.54) is 11.3 Å². The van der Waals surface area contributed by atoms with Gasteiger partial charge in [-0.2, -0.15) is 0 Å². The summed E-state index contributed by atoms with van der Waals surface area (Å²) in [5.41, 5.74) is 2.27. The predicted octanol–water partition coefficient (Wildman–Crippen LogP) is 4.69. The quantitative estimate of drug-likeness (QED) is 0.637. The van der Waals surface area contributed by atoms with E-state index in [2.05, 4.69) is 21.2 Å². The Morgan fingerprint density at radius 1 is 1.19 bits per heavy atom. The highest BCUT2D eigenvalue weighted by atomic mass is 79.9. The summed E-state index contributed by atoms with van der Waals surface area (Å²) in [4.78, 5) is 27.1. The Kier molecular flexibility index (Phi) is 4.96. The van der Waals surface area contributed by atoms with Crippen LogP contribution in [-0.4, -0.2) is 18.4 Å². The number of ether oxygens (including phenoxy) is 1. The highest BCUT2D eigenvalue weighted by molar-refractivity contribution is 9.10. The second-order valence-electron chi connectivity index (χ2n) is 6.01. The first-order valence-corrected chi connectivity index (χ1v) is 9.94. The van der Waals surface area contributed by atoms with Gasteiger partial charge in [-0.15, -0.1) is 11.3 Å². The molecule has 1 N–H and O–H groups in total. The molecule has 2 heterocycles. The third-order valence-electron chi connectivity index (χ3n) is 4.16. The molecule has 0 fully saturated rings. The fourth-order valence-electron chi connectivity index (χ4n) is 2.83. The number of nitrogens with zero attached hydrogens (tertiary/aromatic N) is 1. The van der Waals surface area contributed by atoms with Crippen molar-refractivity contribution in [3.8, 4) is 5.75 Å². The highest BCUT2D eigenvalue weighted by Gasteiger charge is 2.26. The van der Waals surface area contributed by atoms with Crippen LogP contribution in [-0.2, 0) is 11.3 Å². The van der Waals surface area contributed by atoms with Crippen LogP contribution in [0.1, 0.15) is 15.2 Å². The van der Waals surface area contributed by atoms with Crippen molar-refractivity contribution < 1.29 is 14.3 Å². The number of halogens is 1. The number of amides is 2. The lowest BCUT2D eigenvalue weighted by Crippen LogP contribution is -2.38. The van der Waals surface area contributed by atoms with Crippen molar-refractivity contribution in [3.63, 3.8) is 0 Å². The monoisotopic (exact) mass is 442 g/mol. The minimum Gasteiger partial charge on any atom is -0.482 e. The van der Waals surface area contributed by atoms with Crippen molar-refractivity contribution in [2.75, 3.05) is 16.8 Å². The lowest BCUT2D eigenvalue weighted by atomic mass is 10.1. The maximum Gasteiger partial charge on any atom is 0.265 e. The third kappa shape index (κ3) is 3.89. The number of anilines is 2. The summed E-state index contributed by atoms with van der Waals surface area (Å²) in [5, 5.41) is 4.73. The van der Waals surface area contributed by atoms with Crippen LogP contribution in [0.2, 0.25) is 0 Å². The first-order chi connectivity index (χ1) is 13.1. The topological polar surface area (TPSA) is 58.6 Å². The number of hydrogen-bond acceptors (Lipinski definition) is 4. The van der Waals surface area contributed by atoms with Gasteiger partial charge >= 0.3 is 0 Å². The van der Waals surface area contributed by atoms with Crippen LogP contribution in [0.4, 0.5) is 11.4 Å². The Morgan fingerprint density at radius 2 is 2.00 bits per heavy atom. The molecule has 2 aromatic carbocycles. The molecule has 0 spiro atoms. The largest absolute Gasteiger partial charge is 0.482 e. The number of carbonyl (C=O) groups is 2. The molecule has 1 aliphatic heterocycles. The van der Waals surface area contributed by atoms with E-state index in [-0.39, 0.29) is 18.4 Å². The van der Waals surface area contributed by atoms with Gasteiger partial charge in [0.25, 0.3) is 11.8 Å². The predicted molar refractivity (Wildman–Crippen MR) is 110 cm³/mol. The highest BCUT2D eigenvalue weighted by Crippen LogP contribution is 2.35. The summed E-state index contributed by atoms with van der Waals surface area (Å²) in [6.45, 7) is 0.440. The molecule has 7 heteroatoms. The number of carbonyl (C=O) groups excluding carboxylic acids is 2. The van der Waals surface area contributed by atoms with E-state index in [4.69, 9.17) is 4.74 Å². The molecular formula is C20H15BrN2O3S. The Morgan fingerprint density at radius 3 is 2.74 bits per heavy atom. The van der Waals surface area contributed by atoms with Crippen molar-refractivity contribution in [2.45, 2.75) is 6.54 Å². The molecular weight excluding hydrogens is 428 g/mol. The molecule has 0 bridgehead atoms. The lowest BCUT2D eigenvalue weighted by molar-refractivity contribution is -0.121. The number of hydrogen-bond donors (Lipinski definition) is 1. The fraction of sp³-hybridized carbons (Fsp3) is 0.100. The van der Waals surface area contributed by atoms with Crippen molar-refractivity contribution in [1.82, 2.24) is 0 Å². The Hall–Kier alpha value is -2.64.